The van der Waals surface area contributed by atoms with E-state index in [9.17, 15) is 30.4 Å². The van der Waals surface area contributed by atoms with Gasteiger partial charge in [0, 0.05) is 10.5 Å². The van der Waals surface area contributed by atoms with Gasteiger partial charge in [-0.25, -0.2) is 17.2 Å². The smallest absolute Gasteiger partial charge is 0.416 e. The largest absolute Gasteiger partial charge is 0.451 e. The van der Waals surface area contributed by atoms with Crippen LogP contribution in [0.15, 0.2) is 64.0 Å². The van der Waals surface area contributed by atoms with Gasteiger partial charge in [-0.1, -0.05) is 33.6 Å². The van der Waals surface area contributed by atoms with Crippen LogP contribution in [0, 0.1) is 18.6 Å². The highest BCUT2D eigenvalue weighted by Crippen LogP contribution is 2.37. The molecule has 0 atom stereocenters. The Kier molecular flexibility index (Phi) is 6.28. The molecular formula is C20H13BrF5NO3S. The fourth-order valence-corrected chi connectivity index (χ4v) is 4.06. The van der Waals surface area contributed by atoms with Gasteiger partial charge in [0.1, 0.15) is 5.75 Å². The maximum atomic E-state index is 14.1. The summed E-state index contributed by atoms with van der Waals surface area (Å²) in [4.78, 5) is -0.0135. The van der Waals surface area contributed by atoms with Crippen molar-refractivity contribution in [3.8, 4) is 11.5 Å². The molecular weight excluding hydrogens is 509 g/mol. The quantitative estimate of drug-likeness (QED) is 0.382. The Morgan fingerprint density at radius 2 is 1.52 bits per heavy atom. The summed E-state index contributed by atoms with van der Waals surface area (Å²) in [5.74, 6) is -4.39. The number of hydrogen-bond donors (Lipinski definition) is 1. The van der Waals surface area contributed by atoms with Gasteiger partial charge in [0.25, 0.3) is 10.0 Å². The zero-order chi connectivity index (χ0) is 23.0. The van der Waals surface area contributed by atoms with Crippen LogP contribution in [0.5, 0.6) is 11.5 Å². The molecule has 0 spiro atoms. The van der Waals surface area contributed by atoms with Crippen LogP contribution in [-0.2, 0) is 16.2 Å². The van der Waals surface area contributed by atoms with Crippen molar-refractivity contribution in [2.24, 2.45) is 0 Å². The lowest BCUT2D eigenvalue weighted by Gasteiger charge is -2.14. The summed E-state index contributed by atoms with van der Waals surface area (Å²) in [7, 11) is -3.97. The molecule has 0 aromatic heterocycles. The predicted molar refractivity (Wildman–Crippen MR) is 108 cm³/mol. The van der Waals surface area contributed by atoms with Crippen LogP contribution >= 0.6 is 15.9 Å². The van der Waals surface area contributed by atoms with E-state index in [-0.39, 0.29) is 28.5 Å². The summed E-state index contributed by atoms with van der Waals surface area (Å²) in [6, 6.07) is 10.0. The molecule has 0 unspecified atom stereocenters. The molecule has 4 nitrogen and oxygen atoms in total. The number of ether oxygens (including phenoxy) is 1. The lowest BCUT2D eigenvalue weighted by Crippen LogP contribution is -2.13. The van der Waals surface area contributed by atoms with Gasteiger partial charge in [-0.3, -0.25) is 4.72 Å². The first kappa shape index (κ1) is 23.0. The second-order valence-electron chi connectivity index (χ2n) is 6.46. The molecule has 0 saturated carbocycles. The normalized spacial score (nSPS) is 12.0. The average molecular weight is 522 g/mol. The predicted octanol–water partition coefficient (Wildman–Crippen LogP) is 6.65. The van der Waals surface area contributed by atoms with E-state index < -0.39 is 39.1 Å². The topological polar surface area (TPSA) is 55.4 Å². The van der Waals surface area contributed by atoms with E-state index in [4.69, 9.17) is 4.74 Å². The third-order valence-electron chi connectivity index (χ3n) is 4.00. The van der Waals surface area contributed by atoms with Gasteiger partial charge in [-0.05, 0) is 43.3 Å². The molecule has 0 saturated heterocycles. The van der Waals surface area contributed by atoms with Crippen molar-refractivity contribution in [2.45, 2.75) is 18.0 Å². The number of anilines is 1. The van der Waals surface area contributed by atoms with E-state index in [0.29, 0.717) is 4.47 Å². The van der Waals surface area contributed by atoms with Crippen LogP contribution in [0.2, 0.25) is 0 Å². The molecule has 0 fully saturated rings. The molecule has 0 heterocycles. The Hall–Kier alpha value is -2.66. The number of hydrogen-bond acceptors (Lipinski definition) is 3. The molecule has 3 aromatic carbocycles. The zero-order valence-corrected chi connectivity index (χ0v) is 18.0. The van der Waals surface area contributed by atoms with Crippen LogP contribution in [0.25, 0.3) is 0 Å². The summed E-state index contributed by atoms with van der Waals surface area (Å²) in [6.45, 7) is 1.79. The highest BCUT2D eigenvalue weighted by Gasteiger charge is 2.33. The van der Waals surface area contributed by atoms with Crippen LogP contribution < -0.4 is 9.46 Å². The van der Waals surface area contributed by atoms with Crippen molar-refractivity contribution in [2.75, 3.05) is 4.72 Å². The van der Waals surface area contributed by atoms with Gasteiger partial charge < -0.3 is 4.74 Å². The Morgan fingerprint density at radius 3 is 2.06 bits per heavy atom. The van der Waals surface area contributed by atoms with Crippen molar-refractivity contribution < 1.29 is 35.1 Å². The standard InChI is InChI=1S/C20H13BrF5NO3S/c1-11-2-4-16(5-3-11)31(28,29)27-14-8-13(21)9-15(10-14)30-19-17(22)6-12(7-18(19)23)20(24,25)26/h2-10,27H,1H3. The molecule has 1 N–H and O–H groups in total. The molecule has 31 heavy (non-hydrogen) atoms. The minimum absolute atomic E-state index is 0.00215. The molecule has 0 radical (unpaired) electrons. The molecule has 11 heteroatoms. The van der Waals surface area contributed by atoms with Gasteiger partial charge >= 0.3 is 6.18 Å². The number of nitrogens with one attached hydrogen (secondary N) is 1. The van der Waals surface area contributed by atoms with Gasteiger partial charge in [-0.15, -0.1) is 0 Å². The second-order valence-corrected chi connectivity index (χ2v) is 9.06. The first-order valence-corrected chi connectivity index (χ1v) is 10.8. The Balaban J connectivity index is 1.91. The lowest BCUT2D eigenvalue weighted by molar-refractivity contribution is -0.138. The Morgan fingerprint density at radius 1 is 0.935 bits per heavy atom. The summed E-state index contributed by atoms with van der Waals surface area (Å²) in [5, 5.41) is 0. The van der Waals surface area contributed by atoms with Crippen molar-refractivity contribution >= 4 is 31.6 Å². The van der Waals surface area contributed by atoms with E-state index in [1.54, 1.807) is 19.1 Å². The first-order chi connectivity index (χ1) is 14.3. The minimum Gasteiger partial charge on any atom is -0.451 e. The first-order valence-electron chi connectivity index (χ1n) is 8.49. The Bertz CT molecular complexity index is 1210. The average Bonchev–Trinajstić information content (AvgIpc) is 2.63. The molecule has 3 rings (SSSR count). The number of rotatable bonds is 5. The highest BCUT2D eigenvalue weighted by molar-refractivity contribution is 9.10. The molecule has 164 valence electrons. The summed E-state index contributed by atoms with van der Waals surface area (Å²) >= 11 is 3.12. The summed E-state index contributed by atoms with van der Waals surface area (Å²) in [5.41, 5.74) is -0.647. The van der Waals surface area contributed by atoms with Crippen LogP contribution in [-0.4, -0.2) is 8.42 Å². The van der Waals surface area contributed by atoms with Gasteiger partial charge in [0.2, 0.25) is 0 Å². The number of benzene rings is 3. The Labute approximate surface area is 182 Å². The highest BCUT2D eigenvalue weighted by atomic mass is 79.9. The third-order valence-corrected chi connectivity index (χ3v) is 5.86. The molecule has 3 aromatic rings. The van der Waals surface area contributed by atoms with Gasteiger partial charge in [-0.2, -0.15) is 13.2 Å². The number of sulfonamides is 1. The van der Waals surface area contributed by atoms with E-state index in [2.05, 4.69) is 20.7 Å². The van der Waals surface area contributed by atoms with Crippen molar-refractivity contribution in [1.82, 2.24) is 0 Å². The summed E-state index contributed by atoms with van der Waals surface area (Å²) < 4.78 is 98.9. The van der Waals surface area contributed by atoms with E-state index in [1.807, 2.05) is 0 Å². The molecule has 0 bridgehead atoms. The van der Waals surface area contributed by atoms with E-state index >= 15 is 0 Å². The fraction of sp³-hybridized carbons (Fsp3) is 0.100. The van der Waals surface area contributed by atoms with Crippen LogP contribution in [0.4, 0.5) is 27.6 Å². The fourth-order valence-electron chi connectivity index (χ4n) is 2.55. The van der Waals surface area contributed by atoms with Crippen molar-refractivity contribution in [3.63, 3.8) is 0 Å². The van der Waals surface area contributed by atoms with Gasteiger partial charge in [0.05, 0.1) is 16.1 Å². The zero-order valence-electron chi connectivity index (χ0n) is 15.6. The molecule has 0 aliphatic heterocycles. The number of aryl methyl sites for hydroxylation is 1. The van der Waals surface area contributed by atoms with Gasteiger partial charge in [0.15, 0.2) is 17.4 Å². The molecule has 0 aliphatic rings. The maximum absolute atomic E-state index is 14.1. The van der Waals surface area contributed by atoms with Crippen molar-refractivity contribution in [1.29, 1.82) is 0 Å². The number of alkyl halides is 3. The van der Waals surface area contributed by atoms with Crippen LogP contribution in [0.3, 0.4) is 0 Å². The minimum atomic E-state index is -4.93. The monoisotopic (exact) mass is 521 g/mol. The summed E-state index contributed by atoms with van der Waals surface area (Å²) in [6.07, 6.45) is -4.93. The maximum Gasteiger partial charge on any atom is 0.416 e. The molecule has 0 aliphatic carbocycles. The SMILES string of the molecule is Cc1ccc(S(=O)(=O)Nc2cc(Br)cc(Oc3c(F)cc(C(F)(F)F)cc3F)c2)cc1. The third kappa shape index (κ3) is 5.53. The van der Waals surface area contributed by atoms with E-state index in [0.717, 1.165) is 11.6 Å². The lowest BCUT2D eigenvalue weighted by atomic mass is 10.2. The molecule has 0 amide bonds. The van der Waals surface area contributed by atoms with E-state index in [1.165, 1.54) is 24.3 Å². The van der Waals surface area contributed by atoms with Crippen molar-refractivity contribution in [3.05, 3.63) is 81.8 Å². The van der Waals surface area contributed by atoms with Crippen LogP contribution in [0.1, 0.15) is 11.1 Å². The number of halogens is 6. The second kappa shape index (κ2) is 8.46.